The Morgan fingerprint density at radius 2 is 1.82 bits per heavy atom. The smallest absolute Gasteiger partial charge is 0.338 e. The fraction of sp³-hybridized carbons (Fsp3) is 0.360. The molecule has 2 N–H and O–H groups in total. The molecule has 0 fully saturated rings. The van der Waals surface area contributed by atoms with Gasteiger partial charge in [0.1, 0.15) is 13.2 Å². The van der Waals surface area contributed by atoms with Crippen molar-refractivity contribution in [2.75, 3.05) is 20.3 Å². The third-order valence-electron chi connectivity index (χ3n) is 5.01. The number of benzene rings is 2. The van der Waals surface area contributed by atoms with Gasteiger partial charge in [0.25, 0.3) is 0 Å². The third-order valence-corrected chi connectivity index (χ3v) is 5.01. The first-order valence-corrected chi connectivity index (χ1v) is 10.8. The molecule has 8 nitrogen and oxygen atoms in total. The zero-order valence-corrected chi connectivity index (χ0v) is 19.3. The lowest BCUT2D eigenvalue weighted by Crippen LogP contribution is -2.45. The van der Waals surface area contributed by atoms with Gasteiger partial charge < -0.3 is 29.6 Å². The molecule has 33 heavy (non-hydrogen) atoms. The minimum absolute atomic E-state index is 0.0446. The van der Waals surface area contributed by atoms with Gasteiger partial charge in [0, 0.05) is 5.70 Å². The van der Waals surface area contributed by atoms with Gasteiger partial charge in [0.15, 0.2) is 11.5 Å². The molecule has 0 radical (unpaired) electrons. The van der Waals surface area contributed by atoms with Crippen LogP contribution in [0.25, 0.3) is 0 Å². The molecule has 2 aromatic rings. The maximum absolute atomic E-state index is 12.8. The Morgan fingerprint density at radius 1 is 1.06 bits per heavy atom. The summed E-state index contributed by atoms with van der Waals surface area (Å²) in [5.74, 6) is 0.522. The van der Waals surface area contributed by atoms with Crippen molar-refractivity contribution in [3.8, 4) is 11.5 Å². The van der Waals surface area contributed by atoms with Gasteiger partial charge in [-0.25, -0.2) is 9.59 Å². The second kappa shape index (κ2) is 11.4. The van der Waals surface area contributed by atoms with E-state index < -0.39 is 18.0 Å². The van der Waals surface area contributed by atoms with E-state index in [2.05, 4.69) is 10.6 Å². The number of ether oxygens (including phenoxy) is 4. The van der Waals surface area contributed by atoms with Crippen LogP contribution in [0.5, 0.6) is 11.5 Å². The predicted octanol–water partition coefficient (Wildman–Crippen LogP) is 3.87. The average molecular weight is 455 g/mol. The lowest BCUT2D eigenvalue weighted by atomic mass is 9.95. The summed E-state index contributed by atoms with van der Waals surface area (Å²) >= 11 is 0. The summed E-state index contributed by atoms with van der Waals surface area (Å²) in [6.45, 7) is 6.28. The molecule has 8 heteroatoms. The van der Waals surface area contributed by atoms with E-state index in [9.17, 15) is 9.59 Å². The van der Waals surface area contributed by atoms with Crippen LogP contribution >= 0.6 is 0 Å². The second-order valence-corrected chi connectivity index (χ2v) is 7.81. The van der Waals surface area contributed by atoms with E-state index in [1.807, 2.05) is 44.2 Å². The fourth-order valence-electron chi connectivity index (χ4n) is 3.43. The van der Waals surface area contributed by atoms with E-state index in [0.29, 0.717) is 41.5 Å². The number of urea groups is 1. The molecule has 2 aromatic carbocycles. The van der Waals surface area contributed by atoms with Crippen LogP contribution in [0, 0.1) is 0 Å². The number of carbonyl (C=O) groups is 2. The van der Waals surface area contributed by atoms with Gasteiger partial charge >= 0.3 is 12.0 Å². The fourth-order valence-corrected chi connectivity index (χ4v) is 3.43. The molecule has 0 saturated heterocycles. The number of rotatable bonds is 10. The van der Waals surface area contributed by atoms with Crippen molar-refractivity contribution in [3.05, 3.63) is 70.9 Å². The topological polar surface area (TPSA) is 95.1 Å². The maximum Gasteiger partial charge on any atom is 0.338 e. The average Bonchev–Trinajstić information content (AvgIpc) is 2.80. The molecule has 0 aromatic heterocycles. The number of hydrogen-bond acceptors (Lipinski definition) is 6. The van der Waals surface area contributed by atoms with Crippen LogP contribution in [0.3, 0.4) is 0 Å². The summed E-state index contributed by atoms with van der Waals surface area (Å²) in [6, 6.07) is 14.0. The van der Waals surface area contributed by atoms with Gasteiger partial charge in [0.05, 0.1) is 31.4 Å². The van der Waals surface area contributed by atoms with Crippen molar-refractivity contribution >= 4 is 12.0 Å². The molecule has 1 aliphatic rings. The van der Waals surface area contributed by atoms with Gasteiger partial charge in [-0.1, -0.05) is 36.4 Å². The molecule has 0 spiro atoms. The largest absolute Gasteiger partial charge is 0.493 e. The first-order chi connectivity index (χ1) is 15.9. The van der Waals surface area contributed by atoms with Crippen molar-refractivity contribution in [2.24, 2.45) is 0 Å². The number of allylic oxidation sites excluding steroid dienone is 1. The monoisotopic (exact) mass is 454 g/mol. The quantitative estimate of drug-likeness (QED) is 0.418. The van der Waals surface area contributed by atoms with E-state index >= 15 is 0 Å². The van der Waals surface area contributed by atoms with Crippen LogP contribution in [-0.4, -0.2) is 38.4 Å². The lowest BCUT2D eigenvalue weighted by molar-refractivity contribution is -0.141. The van der Waals surface area contributed by atoms with Crippen molar-refractivity contribution in [1.29, 1.82) is 0 Å². The van der Waals surface area contributed by atoms with Crippen molar-refractivity contribution in [3.63, 3.8) is 0 Å². The lowest BCUT2D eigenvalue weighted by Gasteiger charge is -2.28. The molecular formula is C25H30N2O6. The molecule has 3 rings (SSSR count). The van der Waals surface area contributed by atoms with E-state index in [4.69, 9.17) is 18.9 Å². The Bertz CT molecular complexity index is 1000. The van der Waals surface area contributed by atoms with Crippen LogP contribution in [-0.2, 0) is 20.9 Å². The summed E-state index contributed by atoms with van der Waals surface area (Å²) in [7, 11) is 1.54. The number of esters is 1. The summed E-state index contributed by atoms with van der Waals surface area (Å²) < 4.78 is 22.2. The number of nitrogens with one attached hydrogen (secondary N) is 2. The number of methoxy groups -OCH3 is 1. The van der Waals surface area contributed by atoms with Crippen LogP contribution in [0.1, 0.15) is 37.9 Å². The van der Waals surface area contributed by atoms with E-state index in [-0.39, 0.29) is 12.7 Å². The summed E-state index contributed by atoms with van der Waals surface area (Å²) in [4.78, 5) is 25.0. The first-order valence-electron chi connectivity index (χ1n) is 10.8. The van der Waals surface area contributed by atoms with Gasteiger partial charge in [0.2, 0.25) is 0 Å². The standard InChI is InChI=1S/C25H30N2O6/c1-16(2)31-12-13-32-24(28)22-17(3)26-25(29)27-23(22)19-10-11-20(21(14-19)30-4)33-15-18-8-6-5-7-9-18/h5-11,14,16,23H,12-13,15H2,1-4H3,(H2,26,27,29)/t23-/m1/s1. The zero-order valence-electron chi connectivity index (χ0n) is 19.3. The maximum atomic E-state index is 12.8. The minimum Gasteiger partial charge on any atom is -0.493 e. The first kappa shape index (κ1) is 24.1. The summed E-state index contributed by atoms with van der Waals surface area (Å²) in [5.41, 5.74) is 2.44. The van der Waals surface area contributed by atoms with Gasteiger partial charge in [-0.05, 0) is 44.0 Å². The Morgan fingerprint density at radius 3 is 2.52 bits per heavy atom. The van der Waals surface area contributed by atoms with Crippen LogP contribution in [0.15, 0.2) is 59.8 Å². The molecule has 1 atom stereocenters. The second-order valence-electron chi connectivity index (χ2n) is 7.81. The van der Waals surface area contributed by atoms with Crippen molar-refractivity contribution < 1.29 is 28.5 Å². The molecule has 2 amide bonds. The highest BCUT2D eigenvalue weighted by Crippen LogP contribution is 2.35. The molecule has 0 aliphatic carbocycles. The Hall–Kier alpha value is -3.52. The molecule has 1 heterocycles. The Balaban J connectivity index is 1.78. The Kier molecular flexibility index (Phi) is 8.32. The molecule has 176 valence electrons. The Labute approximate surface area is 193 Å². The number of amides is 2. The highest BCUT2D eigenvalue weighted by Gasteiger charge is 2.32. The molecule has 0 unspecified atom stereocenters. The SMILES string of the molecule is COc1cc([C@H]2NC(=O)NC(C)=C2C(=O)OCCOC(C)C)ccc1OCc1ccccc1. The van der Waals surface area contributed by atoms with E-state index in [1.54, 1.807) is 32.2 Å². The van der Waals surface area contributed by atoms with Gasteiger partial charge in [-0.15, -0.1) is 0 Å². The van der Waals surface area contributed by atoms with Crippen LogP contribution in [0.2, 0.25) is 0 Å². The zero-order chi connectivity index (χ0) is 23.8. The molecular weight excluding hydrogens is 424 g/mol. The van der Waals surface area contributed by atoms with E-state index in [1.165, 1.54) is 0 Å². The van der Waals surface area contributed by atoms with E-state index in [0.717, 1.165) is 5.56 Å². The molecule has 0 saturated carbocycles. The van der Waals surface area contributed by atoms with Crippen LogP contribution < -0.4 is 20.1 Å². The molecule has 1 aliphatic heterocycles. The third kappa shape index (κ3) is 6.49. The minimum atomic E-state index is -0.700. The van der Waals surface area contributed by atoms with Crippen molar-refractivity contribution in [1.82, 2.24) is 10.6 Å². The number of carbonyl (C=O) groups excluding carboxylic acids is 2. The summed E-state index contributed by atoms with van der Waals surface area (Å²) in [5, 5.41) is 5.43. The number of hydrogen-bond donors (Lipinski definition) is 2. The highest BCUT2D eigenvalue weighted by atomic mass is 16.6. The van der Waals surface area contributed by atoms with Crippen molar-refractivity contribution in [2.45, 2.75) is 39.5 Å². The van der Waals surface area contributed by atoms with Gasteiger partial charge in [-0.2, -0.15) is 0 Å². The van der Waals surface area contributed by atoms with Gasteiger partial charge in [-0.3, -0.25) is 0 Å². The molecule has 0 bridgehead atoms. The van der Waals surface area contributed by atoms with Crippen LogP contribution in [0.4, 0.5) is 4.79 Å². The normalized spacial score (nSPS) is 15.7. The summed E-state index contributed by atoms with van der Waals surface area (Å²) in [6.07, 6.45) is 0.0446. The highest BCUT2D eigenvalue weighted by molar-refractivity contribution is 5.95. The predicted molar refractivity (Wildman–Crippen MR) is 123 cm³/mol.